The molecule has 0 amide bonds. The molecule has 228 valence electrons. The van der Waals surface area contributed by atoms with Gasteiger partial charge in [-0.25, -0.2) is 27.8 Å². The molecule has 2 aliphatic rings. The summed E-state index contributed by atoms with van der Waals surface area (Å²) < 4.78 is 56.8. The first-order valence-corrected chi connectivity index (χ1v) is 14.2. The molecule has 0 radical (unpaired) electrons. The number of aromatic nitrogens is 3. The largest absolute Gasteiger partial charge is 0.478 e. The Labute approximate surface area is 251 Å². The summed E-state index contributed by atoms with van der Waals surface area (Å²) in [6, 6.07) is 9.33. The van der Waals surface area contributed by atoms with E-state index in [1.165, 1.54) is 12.1 Å². The van der Waals surface area contributed by atoms with E-state index < -0.39 is 29.3 Å². The van der Waals surface area contributed by atoms with Gasteiger partial charge in [-0.15, -0.1) is 0 Å². The van der Waals surface area contributed by atoms with E-state index in [0.717, 1.165) is 23.8 Å². The zero-order valence-electron chi connectivity index (χ0n) is 23.8. The molecule has 2 aromatic heterocycles. The van der Waals surface area contributed by atoms with Crippen LogP contribution in [0.3, 0.4) is 0 Å². The third-order valence-corrected chi connectivity index (χ3v) is 8.15. The van der Waals surface area contributed by atoms with Crippen molar-refractivity contribution >= 4 is 28.5 Å². The number of carbonyl (C=O) groups is 1. The summed E-state index contributed by atoms with van der Waals surface area (Å²) in [4.78, 5) is 27.7. The number of aromatic carboxylic acids is 1. The van der Waals surface area contributed by atoms with Gasteiger partial charge in [0.05, 0.1) is 41.9 Å². The number of hydrogen-bond acceptors (Lipinski definition) is 7. The SMILES string of the molecule is [C-]#[N+]c1ccc(COc2nc(N3CCN(C(C)c4nc5ccc(C(=O)O)cc5n4C[C@@H]4CCO4)CC3)c(F)cc2F)c(F)c1. The Morgan fingerprint density at radius 2 is 1.86 bits per heavy atom. The first kappa shape index (κ1) is 29.4. The average molecular weight is 607 g/mol. The van der Waals surface area contributed by atoms with Crippen LogP contribution in [0.5, 0.6) is 5.88 Å². The van der Waals surface area contributed by atoms with Crippen molar-refractivity contribution in [3.63, 3.8) is 0 Å². The number of anilines is 1. The monoisotopic (exact) mass is 606 g/mol. The van der Waals surface area contributed by atoms with E-state index >= 15 is 0 Å². The quantitative estimate of drug-likeness (QED) is 0.255. The van der Waals surface area contributed by atoms with Gasteiger partial charge in [-0.2, -0.15) is 4.98 Å². The molecule has 0 spiro atoms. The summed E-state index contributed by atoms with van der Waals surface area (Å²) in [5.41, 5.74) is 1.85. The van der Waals surface area contributed by atoms with Gasteiger partial charge in [0, 0.05) is 44.4 Å². The Bertz CT molecular complexity index is 1760. The molecule has 6 rings (SSSR count). The lowest BCUT2D eigenvalue weighted by molar-refractivity contribution is -0.0594. The van der Waals surface area contributed by atoms with Crippen LogP contribution in [-0.4, -0.2) is 69.4 Å². The molecule has 1 N–H and O–H groups in total. The molecule has 44 heavy (non-hydrogen) atoms. The number of imidazole rings is 1. The van der Waals surface area contributed by atoms with Crippen LogP contribution in [-0.2, 0) is 17.9 Å². The lowest BCUT2D eigenvalue weighted by atomic mass is 10.1. The number of ether oxygens (including phenoxy) is 2. The summed E-state index contributed by atoms with van der Waals surface area (Å²) in [7, 11) is 0. The predicted molar refractivity (Wildman–Crippen MR) is 154 cm³/mol. The molecule has 2 saturated heterocycles. The summed E-state index contributed by atoms with van der Waals surface area (Å²) in [5, 5.41) is 9.52. The molecule has 2 aromatic carbocycles. The molecule has 2 aliphatic heterocycles. The second kappa shape index (κ2) is 12.1. The highest BCUT2D eigenvalue weighted by Gasteiger charge is 2.30. The number of rotatable bonds is 9. The van der Waals surface area contributed by atoms with Gasteiger partial charge >= 0.3 is 5.97 Å². The van der Waals surface area contributed by atoms with Crippen LogP contribution in [0, 0.1) is 24.0 Å². The number of fused-ring (bicyclic) bond motifs is 1. The zero-order valence-corrected chi connectivity index (χ0v) is 23.8. The summed E-state index contributed by atoms with van der Waals surface area (Å²) >= 11 is 0. The lowest BCUT2D eigenvalue weighted by Crippen LogP contribution is -2.48. The maximum atomic E-state index is 14.9. The average Bonchev–Trinajstić information content (AvgIpc) is 3.36. The van der Waals surface area contributed by atoms with E-state index in [-0.39, 0.29) is 41.4 Å². The molecule has 13 heteroatoms. The Morgan fingerprint density at radius 1 is 1.09 bits per heavy atom. The summed E-state index contributed by atoms with van der Waals surface area (Å²) in [6.45, 7) is 11.7. The van der Waals surface area contributed by atoms with Crippen molar-refractivity contribution in [3.05, 3.63) is 88.3 Å². The van der Waals surface area contributed by atoms with Crippen molar-refractivity contribution in [1.82, 2.24) is 19.4 Å². The minimum Gasteiger partial charge on any atom is -0.478 e. The van der Waals surface area contributed by atoms with Crippen molar-refractivity contribution in [2.45, 2.75) is 38.6 Å². The first-order chi connectivity index (χ1) is 21.2. The lowest BCUT2D eigenvalue weighted by Gasteiger charge is -2.38. The topological polar surface area (TPSA) is 97.3 Å². The van der Waals surface area contributed by atoms with E-state index in [4.69, 9.17) is 21.0 Å². The second-order valence-electron chi connectivity index (χ2n) is 10.8. The third kappa shape index (κ3) is 5.78. The molecular weight excluding hydrogens is 577 g/mol. The van der Waals surface area contributed by atoms with Gasteiger partial charge in [-0.3, -0.25) is 4.90 Å². The number of nitrogens with zero attached hydrogens (tertiary/aromatic N) is 6. The van der Waals surface area contributed by atoms with E-state index in [9.17, 15) is 23.1 Å². The van der Waals surface area contributed by atoms with Crippen molar-refractivity contribution < 1.29 is 32.5 Å². The van der Waals surface area contributed by atoms with Crippen LogP contribution in [0.4, 0.5) is 24.7 Å². The fraction of sp³-hybridized carbons (Fsp3) is 0.355. The number of halogens is 3. The number of hydrogen-bond donors (Lipinski definition) is 1. The Hall–Kier alpha value is -4.67. The molecule has 2 atom stereocenters. The minimum absolute atomic E-state index is 0.0298. The fourth-order valence-electron chi connectivity index (χ4n) is 5.53. The molecule has 4 heterocycles. The van der Waals surface area contributed by atoms with Gasteiger partial charge in [0.25, 0.3) is 5.88 Å². The van der Waals surface area contributed by atoms with Gasteiger partial charge in [-0.05, 0) is 37.6 Å². The third-order valence-electron chi connectivity index (χ3n) is 8.15. The zero-order chi connectivity index (χ0) is 31.0. The first-order valence-electron chi connectivity index (χ1n) is 14.2. The standard InChI is InChI=1S/C31H29F3N6O4/c1-18(28-36-26-6-4-19(31(41)42)13-27(26)40(28)16-22-7-12-43-22)38-8-10-39(11-9-38)29-24(33)15-25(34)30(37-29)44-17-20-3-5-21(35-2)14-23(20)32/h3-6,13-15,18,22H,7-12,16-17H2,1H3,(H,41,42)/t18?,22-/m0/s1. The number of pyridine rings is 1. The van der Waals surface area contributed by atoms with Gasteiger partial charge in [0.1, 0.15) is 18.2 Å². The Morgan fingerprint density at radius 3 is 2.52 bits per heavy atom. The van der Waals surface area contributed by atoms with E-state index in [2.05, 4.69) is 14.7 Å². The number of piperazine rings is 1. The maximum absolute atomic E-state index is 14.9. The van der Waals surface area contributed by atoms with Crippen molar-refractivity contribution in [2.75, 3.05) is 37.7 Å². The highest BCUT2D eigenvalue weighted by molar-refractivity contribution is 5.92. The Kier molecular flexibility index (Phi) is 8.11. The molecule has 10 nitrogen and oxygen atoms in total. The number of benzene rings is 2. The van der Waals surface area contributed by atoms with Gasteiger partial charge in [0.15, 0.2) is 23.1 Å². The van der Waals surface area contributed by atoms with Gasteiger partial charge < -0.3 is 24.0 Å². The second-order valence-corrected chi connectivity index (χ2v) is 10.8. The van der Waals surface area contributed by atoms with E-state index in [1.807, 2.05) is 11.5 Å². The molecular formula is C31H29F3N6O4. The molecule has 2 fully saturated rings. The Balaban J connectivity index is 1.17. The van der Waals surface area contributed by atoms with Crippen LogP contribution in [0.1, 0.15) is 41.1 Å². The van der Waals surface area contributed by atoms with E-state index in [1.54, 1.807) is 23.1 Å². The predicted octanol–water partition coefficient (Wildman–Crippen LogP) is 5.35. The van der Waals surface area contributed by atoms with Crippen molar-refractivity contribution in [1.29, 1.82) is 0 Å². The molecule has 4 aromatic rings. The molecule has 0 aliphatic carbocycles. The molecule has 0 saturated carbocycles. The van der Waals surface area contributed by atoms with Crippen molar-refractivity contribution in [2.24, 2.45) is 0 Å². The normalized spacial score (nSPS) is 17.7. The van der Waals surface area contributed by atoms with Crippen LogP contribution in [0.15, 0.2) is 42.5 Å². The molecule has 1 unspecified atom stereocenters. The van der Waals surface area contributed by atoms with Crippen LogP contribution < -0.4 is 9.64 Å². The van der Waals surface area contributed by atoms with Crippen molar-refractivity contribution in [3.8, 4) is 5.88 Å². The van der Waals surface area contributed by atoms with Crippen LogP contribution in [0.25, 0.3) is 15.9 Å². The van der Waals surface area contributed by atoms with Crippen LogP contribution in [0.2, 0.25) is 0 Å². The smallest absolute Gasteiger partial charge is 0.335 e. The minimum atomic E-state index is -1.01. The maximum Gasteiger partial charge on any atom is 0.335 e. The highest BCUT2D eigenvalue weighted by Crippen LogP contribution is 2.31. The van der Waals surface area contributed by atoms with Crippen LogP contribution >= 0.6 is 0 Å². The summed E-state index contributed by atoms with van der Waals surface area (Å²) in [5.74, 6) is -3.24. The highest BCUT2D eigenvalue weighted by atomic mass is 19.1. The number of carboxylic acids is 1. The number of carboxylic acid groups (broad SMARTS) is 1. The summed E-state index contributed by atoms with van der Waals surface area (Å²) in [6.07, 6.45) is 0.943. The van der Waals surface area contributed by atoms with Gasteiger partial charge in [0.2, 0.25) is 0 Å². The van der Waals surface area contributed by atoms with Gasteiger partial charge in [-0.1, -0.05) is 12.1 Å². The van der Waals surface area contributed by atoms with E-state index in [0.29, 0.717) is 50.9 Å². The molecule has 0 bridgehead atoms. The fourth-order valence-corrected chi connectivity index (χ4v) is 5.53.